The lowest BCUT2D eigenvalue weighted by molar-refractivity contribution is 0.668. The van der Waals surface area contributed by atoms with E-state index < -0.39 is 0 Å². The normalized spacial score (nSPS) is 12.0. The molecule has 4 aromatic heterocycles. The average molecular weight is 655 g/mol. The highest BCUT2D eigenvalue weighted by atomic mass is 32.1. The van der Waals surface area contributed by atoms with Crippen LogP contribution in [0.1, 0.15) is 11.1 Å². The quantitative estimate of drug-likeness (QED) is 0.186. The first kappa shape index (κ1) is 27.1. The molecule has 0 fully saturated rings. The number of hydrogen-bond donors (Lipinski definition) is 0. The van der Waals surface area contributed by atoms with Crippen LogP contribution in [0, 0.1) is 22.7 Å². The summed E-state index contributed by atoms with van der Waals surface area (Å²) in [5.41, 5.74) is 9.17. The van der Waals surface area contributed by atoms with Gasteiger partial charge in [-0.1, -0.05) is 48.5 Å². The van der Waals surface area contributed by atoms with Crippen LogP contribution in [0.15, 0.2) is 138 Å². The van der Waals surface area contributed by atoms with Crippen molar-refractivity contribution >= 4 is 97.1 Å². The molecule has 0 spiro atoms. The van der Waals surface area contributed by atoms with Gasteiger partial charge in [0.1, 0.15) is 11.7 Å². The van der Waals surface area contributed by atoms with Crippen LogP contribution in [0.4, 0.5) is 0 Å². The van der Waals surface area contributed by atoms with Gasteiger partial charge < -0.3 is 13.6 Å². The van der Waals surface area contributed by atoms with Crippen LogP contribution in [-0.4, -0.2) is 9.13 Å². The summed E-state index contributed by atoms with van der Waals surface area (Å²) in [6.07, 6.45) is 0. The van der Waals surface area contributed by atoms with Crippen LogP contribution in [0.3, 0.4) is 0 Å². The smallest absolute Gasteiger partial charge is 0.153 e. The van der Waals surface area contributed by atoms with E-state index in [2.05, 4.69) is 118 Å². The van der Waals surface area contributed by atoms with Gasteiger partial charge in [-0.15, -0.1) is 11.3 Å². The van der Waals surface area contributed by atoms with E-state index >= 15 is 0 Å². The van der Waals surface area contributed by atoms with Crippen LogP contribution in [0.5, 0.6) is 0 Å². The molecule has 0 radical (unpaired) electrons. The first-order valence-corrected chi connectivity index (χ1v) is 17.2. The fraction of sp³-hybridized carbons (Fsp3) is 0. The number of rotatable bonds is 2. The van der Waals surface area contributed by atoms with Crippen molar-refractivity contribution in [1.82, 2.24) is 9.13 Å². The van der Waals surface area contributed by atoms with E-state index in [9.17, 15) is 10.5 Å². The molecule has 0 saturated carbocycles. The minimum Gasteiger partial charge on any atom is -0.455 e. The first-order valence-electron chi connectivity index (χ1n) is 16.4. The zero-order valence-electron chi connectivity index (χ0n) is 26.3. The Labute approximate surface area is 288 Å². The number of furan rings is 1. The number of hydrogen-bond acceptors (Lipinski definition) is 4. The Hall–Kier alpha value is -6.86. The van der Waals surface area contributed by atoms with Gasteiger partial charge in [-0.2, -0.15) is 10.5 Å². The van der Waals surface area contributed by atoms with Crippen molar-refractivity contribution in [2.45, 2.75) is 0 Å². The highest BCUT2D eigenvalue weighted by Crippen LogP contribution is 2.43. The maximum Gasteiger partial charge on any atom is 0.153 e. The van der Waals surface area contributed by atoms with E-state index in [0.29, 0.717) is 16.7 Å². The molecule has 0 saturated heterocycles. The summed E-state index contributed by atoms with van der Waals surface area (Å²) in [5.74, 6) is 0. The standard InChI is InChI=1S/C44H22N4OS/c45-23-25-12-15-37-32(20-25)29-7-1-3-10-35(29)47(37)27-13-18-40-33(21-27)34-22-28(14-19-41(34)50-40)48-36-11-4-2-8-30(36)42-38(48)16-17-39-43(42)31-9-5-6-26(24-46)44(31)49-39/h1-22H. The summed E-state index contributed by atoms with van der Waals surface area (Å²) in [6, 6.07) is 51.0. The van der Waals surface area contributed by atoms with Gasteiger partial charge in [0.05, 0.1) is 39.3 Å². The molecule has 11 rings (SSSR count). The van der Waals surface area contributed by atoms with Crippen molar-refractivity contribution in [1.29, 1.82) is 10.5 Å². The number of nitriles is 2. The fourth-order valence-electron chi connectivity index (χ4n) is 8.07. The molecule has 0 N–H and O–H groups in total. The van der Waals surface area contributed by atoms with Crippen molar-refractivity contribution < 1.29 is 4.42 Å². The van der Waals surface area contributed by atoms with Gasteiger partial charge in [0, 0.05) is 63.9 Å². The molecule has 230 valence electrons. The predicted octanol–water partition coefficient (Wildman–Crippen LogP) is 11.9. The highest BCUT2D eigenvalue weighted by Gasteiger charge is 2.21. The van der Waals surface area contributed by atoms with Crippen LogP contribution >= 0.6 is 11.3 Å². The summed E-state index contributed by atoms with van der Waals surface area (Å²) < 4.78 is 13.4. The Kier molecular flexibility index (Phi) is 5.34. The summed E-state index contributed by atoms with van der Waals surface area (Å²) in [4.78, 5) is 0. The second-order valence-electron chi connectivity index (χ2n) is 12.7. The summed E-state index contributed by atoms with van der Waals surface area (Å²) >= 11 is 1.81. The predicted molar refractivity (Wildman–Crippen MR) is 205 cm³/mol. The lowest BCUT2D eigenvalue weighted by Crippen LogP contribution is -1.94. The van der Waals surface area contributed by atoms with Gasteiger partial charge in [-0.25, -0.2) is 0 Å². The fourth-order valence-corrected chi connectivity index (χ4v) is 9.13. The average Bonchev–Trinajstić information content (AvgIpc) is 3.91. The van der Waals surface area contributed by atoms with Crippen LogP contribution in [0.2, 0.25) is 0 Å². The molecule has 0 bridgehead atoms. The van der Waals surface area contributed by atoms with Gasteiger partial charge in [-0.05, 0) is 84.9 Å². The van der Waals surface area contributed by atoms with Gasteiger partial charge in [0.2, 0.25) is 0 Å². The number of aromatic nitrogens is 2. The van der Waals surface area contributed by atoms with Crippen molar-refractivity contribution in [3.63, 3.8) is 0 Å². The summed E-state index contributed by atoms with van der Waals surface area (Å²) in [5, 5.41) is 28.3. The molecule has 7 aromatic carbocycles. The van der Waals surface area contributed by atoms with Gasteiger partial charge >= 0.3 is 0 Å². The Morgan fingerprint density at radius 3 is 1.86 bits per heavy atom. The van der Waals surface area contributed by atoms with Gasteiger partial charge in [0.15, 0.2) is 5.58 Å². The lowest BCUT2D eigenvalue weighted by atomic mass is 10.0. The third-order valence-corrected chi connectivity index (χ3v) is 11.3. The Morgan fingerprint density at radius 2 is 1.12 bits per heavy atom. The molecule has 5 nitrogen and oxygen atoms in total. The van der Waals surface area contributed by atoms with E-state index in [1.54, 1.807) is 0 Å². The molecule has 0 aliphatic heterocycles. The molecule has 4 heterocycles. The second kappa shape index (κ2) is 9.84. The van der Waals surface area contributed by atoms with E-state index in [4.69, 9.17) is 4.42 Å². The molecule has 6 heteroatoms. The number of fused-ring (bicyclic) bond motifs is 13. The van der Waals surface area contributed by atoms with Crippen LogP contribution < -0.4 is 0 Å². The molecular weight excluding hydrogens is 633 g/mol. The zero-order chi connectivity index (χ0) is 33.1. The van der Waals surface area contributed by atoms with Crippen molar-refractivity contribution in [2.75, 3.05) is 0 Å². The number of para-hydroxylation sites is 3. The Bertz CT molecular complexity index is 3360. The number of nitrogens with zero attached hydrogens (tertiary/aromatic N) is 4. The molecule has 0 amide bonds. The van der Waals surface area contributed by atoms with Crippen LogP contribution in [0.25, 0.3) is 97.1 Å². The van der Waals surface area contributed by atoms with E-state index in [0.717, 1.165) is 71.3 Å². The molecule has 0 atom stereocenters. The minimum atomic E-state index is 0.539. The highest BCUT2D eigenvalue weighted by molar-refractivity contribution is 7.25. The van der Waals surface area contributed by atoms with Crippen molar-refractivity contribution in [3.8, 4) is 23.5 Å². The first-order chi connectivity index (χ1) is 24.7. The zero-order valence-corrected chi connectivity index (χ0v) is 27.1. The molecule has 0 aliphatic rings. The van der Waals surface area contributed by atoms with Crippen molar-refractivity contribution in [2.24, 2.45) is 0 Å². The monoisotopic (exact) mass is 654 g/mol. The third kappa shape index (κ3) is 3.52. The Balaban J connectivity index is 1.17. The largest absolute Gasteiger partial charge is 0.455 e. The molecule has 11 aromatic rings. The van der Waals surface area contributed by atoms with Crippen molar-refractivity contribution in [3.05, 3.63) is 145 Å². The number of benzene rings is 7. The van der Waals surface area contributed by atoms with E-state index in [-0.39, 0.29) is 0 Å². The molecule has 0 aliphatic carbocycles. The maximum absolute atomic E-state index is 9.80. The Morgan fingerprint density at radius 1 is 0.480 bits per heavy atom. The second-order valence-corrected chi connectivity index (χ2v) is 13.8. The topological polar surface area (TPSA) is 70.6 Å². The van der Waals surface area contributed by atoms with Gasteiger partial charge in [0.25, 0.3) is 0 Å². The van der Waals surface area contributed by atoms with E-state index in [1.165, 1.54) is 20.2 Å². The minimum absolute atomic E-state index is 0.539. The molecular formula is C44H22N4OS. The third-order valence-electron chi connectivity index (χ3n) is 10.2. The molecule has 50 heavy (non-hydrogen) atoms. The number of thiophene rings is 1. The summed E-state index contributed by atoms with van der Waals surface area (Å²) in [6.45, 7) is 0. The SMILES string of the molecule is N#Cc1ccc2c(c1)c1ccccc1n2-c1ccc2sc3ccc(-n4c5ccccc5c5c6c(ccc54)oc4c(C#N)cccc46)cc3c2c1. The lowest BCUT2D eigenvalue weighted by Gasteiger charge is -2.10. The maximum atomic E-state index is 9.80. The van der Waals surface area contributed by atoms with Crippen LogP contribution in [-0.2, 0) is 0 Å². The van der Waals surface area contributed by atoms with E-state index in [1.807, 2.05) is 47.7 Å². The summed E-state index contributed by atoms with van der Waals surface area (Å²) in [7, 11) is 0. The molecule has 0 unspecified atom stereocenters. The van der Waals surface area contributed by atoms with Gasteiger partial charge in [-0.3, -0.25) is 0 Å².